The van der Waals surface area contributed by atoms with E-state index in [2.05, 4.69) is 0 Å². The molecule has 0 aromatic rings. The first-order valence-electron chi connectivity index (χ1n) is 4.88. The van der Waals surface area contributed by atoms with E-state index in [1.807, 2.05) is 0 Å². The number of carbonyl (C=O) groups is 1. The van der Waals surface area contributed by atoms with Gasteiger partial charge >= 0.3 is 11.8 Å². The molecule has 1 rings (SSSR count). The Balaban J connectivity index is 0.00000256. The van der Waals surface area contributed by atoms with Crippen LogP contribution in [0.2, 0.25) is 0 Å². The predicted octanol–water partition coefficient (Wildman–Crippen LogP) is 1.50. The Bertz CT molecular complexity index is 283. The lowest BCUT2D eigenvalue weighted by molar-refractivity contribution is -0.172. The first-order valence-corrected chi connectivity index (χ1v) is 4.88. The molecule has 0 aromatic carbocycles. The van der Waals surface area contributed by atoms with E-state index in [9.17, 15) is 22.4 Å². The standard InChI is InChI=1S/C9H14F4N2O.ClH/c1-5(2)6(14)7(16)15-3-8(10,11)9(12,13)4-15;/h5-6H,3-4,14H2,1-2H3;1H. The quantitative estimate of drug-likeness (QED) is 0.778. The van der Waals surface area contributed by atoms with Crippen LogP contribution in [0.5, 0.6) is 0 Å². The van der Waals surface area contributed by atoms with Crippen molar-refractivity contribution in [1.29, 1.82) is 0 Å². The average Bonchev–Trinajstić information content (AvgIpc) is 2.33. The normalized spacial score (nSPS) is 23.4. The van der Waals surface area contributed by atoms with Gasteiger partial charge in [-0.3, -0.25) is 4.79 Å². The van der Waals surface area contributed by atoms with Crippen molar-refractivity contribution in [2.45, 2.75) is 31.7 Å². The molecule has 1 atom stereocenters. The molecule has 2 N–H and O–H groups in total. The summed E-state index contributed by atoms with van der Waals surface area (Å²) in [6.45, 7) is 0.711. The Hall–Kier alpha value is -0.560. The first kappa shape index (κ1) is 16.4. The van der Waals surface area contributed by atoms with Crippen LogP contribution < -0.4 is 5.73 Å². The van der Waals surface area contributed by atoms with Gasteiger partial charge in [0.05, 0.1) is 19.1 Å². The Labute approximate surface area is 103 Å². The van der Waals surface area contributed by atoms with Gasteiger partial charge in [0.15, 0.2) is 0 Å². The molecule has 0 aromatic heterocycles. The topological polar surface area (TPSA) is 46.3 Å². The van der Waals surface area contributed by atoms with Gasteiger partial charge < -0.3 is 10.6 Å². The summed E-state index contributed by atoms with van der Waals surface area (Å²) in [6, 6.07) is -1.02. The van der Waals surface area contributed by atoms with E-state index in [1.165, 1.54) is 0 Å². The van der Waals surface area contributed by atoms with Gasteiger partial charge in [0.2, 0.25) is 5.91 Å². The summed E-state index contributed by atoms with van der Waals surface area (Å²) in [5.41, 5.74) is 5.44. The summed E-state index contributed by atoms with van der Waals surface area (Å²) in [5.74, 6) is -9.47. The average molecular weight is 279 g/mol. The van der Waals surface area contributed by atoms with Crippen molar-refractivity contribution in [2.24, 2.45) is 11.7 Å². The van der Waals surface area contributed by atoms with Crippen molar-refractivity contribution < 1.29 is 22.4 Å². The lowest BCUT2D eigenvalue weighted by Crippen LogP contribution is -2.46. The smallest absolute Gasteiger partial charge is 0.329 e. The molecular formula is C9H15ClF4N2O. The van der Waals surface area contributed by atoms with Gasteiger partial charge in [-0.25, -0.2) is 0 Å². The van der Waals surface area contributed by atoms with Crippen molar-refractivity contribution in [2.75, 3.05) is 13.1 Å². The lowest BCUT2D eigenvalue weighted by Gasteiger charge is -2.22. The summed E-state index contributed by atoms with van der Waals surface area (Å²) < 4.78 is 51.2. The number of alkyl halides is 4. The lowest BCUT2D eigenvalue weighted by atomic mass is 10.0. The van der Waals surface area contributed by atoms with Crippen LogP contribution in [0.1, 0.15) is 13.8 Å². The minimum atomic E-state index is -4.17. The summed E-state index contributed by atoms with van der Waals surface area (Å²) in [5, 5.41) is 0. The van der Waals surface area contributed by atoms with Crippen LogP contribution in [-0.2, 0) is 4.79 Å². The number of likely N-dealkylation sites (tertiary alicyclic amines) is 1. The second-order valence-corrected chi connectivity index (χ2v) is 4.37. The third-order valence-electron chi connectivity index (χ3n) is 2.63. The van der Waals surface area contributed by atoms with Crippen LogP contribution in [0.3, 0.4) is 0 Å². The third-order valence-corrected chi connectivity index (χ3v) is 2.63. The molecular weight excluding hydrogens is 264 g/mol. The second kappa shape index (κ2) is 4.97. The van der Waals surface area contributed by atoms with E-state index >= 15 is 0 Å². The van der Waals surface area contributed by atoms with Crippen molar-refractivity contribution in [1.82, 2.24) is 4.90 Å². The van der Waals surface area contributed by atoms with E-state index in [-0.39, 0.29) is 18.3 Å². The van der Waals surface area contributed by atoms with Gasteiger partial charge in [0, 0.05) is 0 Å². The molecule has 0 spiro atoms. The number of carbonyl (C=O) groups excluding carboxylic acids is 1. The molecule has 1 amide bonds. The Morgan fingerprint density at radius 2 is 1.53 bits per heavy atom. The van der Waals surface area contributed by atoms with E-state index in [1.54, 1.807) is 13.8 Å². The van der Waals surface area contributed by atoms with E-state index in [4.69, 9.17) is 5.73 Å². The number of nitrogens with two attached hydrogens (primary N) is 1. The van der Waals surface area contributed by atoms with Crippen molar-refractivity contribution in [3.63, 3.8) is 0 Å². The van der Waals surface area contributed by atoms with Gasteiger partial charge in [-0.1, -0.05) is 13.8 Å². The number of hydrogen-bond donors (Lipinski definition) is 1. The van der Waals surface area contributed by atoms with Crippen LogP contribution in [0.25, 0.3) is 0 Å². The Kier molecular flexibility index (Phi) is 4.81. The SMILES string of the molecule is CC(C)C(N)C(=O)N1CC(F)(F)C(F)(F)C1.Cl. The number of halogens is 5. The molecule has 3 nitrogen and oxygen atoms in total. The maximum Gasteiger partial charge on any atom is 0.329 e. The predicted molar refractivity (Wildman–Crippen MR) is 56.5 cm³/mol. The molecule has 17 heavy (non-hydrogen) atoms. The summed E-state index contributed by atoms with van der Waals surface area (Å²) in [6.07, 6.45) is 0. The highest BCUT2D eigenvalue weighted by Crippen LogP contribution is 2.41. The molecule has 1 fully saturated rings. The number of amides is 1. The zero-order valence-corrected chi connectivity index (χ0v) is 10.2. The minimum Gasteiger partial charge on any atom is -0.329 e. The van der Waals surface area contributed by atoms with Crippen LogP contribution in [0.15, 0.2) is 0 Å². The molecule has 0 radical (unpaired) electrons. The molecule has 0 bridgehead atoms. The third kappa shape index (κ3) is 3.01. The second-order valence-electron chi connectivity index (χ2n) is 4.37. The van der Waals surface area contributed by atoms with Gasteiger partial charge in [0.1, 0.15) is 0 Å². The van der Waals surface area contributed by atoms with Gasteiger partial charge in [0.25, 0.3) is 0 Å². The zero-order chi connectivity index (χ0) is 12.7. The summed E-state index contributed by atoms with van der Waals surface area (Å²) >= 11 is 0. The first-order chi connectivity index (χ1) is 7.08. The van der Waals surface area contributed by atoms with Crippen molar-refractivity contribution in [3.8, 4) is 0 Å². The molecule has 0 saturated carbocycles. The number of rotatable bonds is 2. The molecule has 1 heterocycles. The van der Waals surface area contributed by atoms with Crippen LogP contribution in [-0.4, -0.2) is 41.8 Å². The molecule has 0 aliphatic carbocycles. The van der Waals surface area contributed by atoms with Crippen LogP contribution in [0.4, 0.5) is 17.6 Å². The van der Waals surface area contributed by atoms with Gasteiger partial charge in [-0.2, -0.15) is 17.6 Å². The highest BCUT2D eigenvalue weighted by molar-refractivity contribution is 5.85. The highest BCUT2D eigenvalue weighted by Gasteiger charge is 2.64. The molecule has 8 heteroatoms. The molecule has 1 saturated heterocycles. The fourth-order valence-corrected chi connectivity index (χ4v) is 1.42. The van der Waals surface area contributed by atoms with Crippen molar-refractivity contribution >= 4 is 18.3 Å². The Morgan fingerprint density at radius 3 is 1.82 bits per heavy atom. The van der Waals surface area contributed by atoms with E-state index in [0.717, 1.165) is 0 Å². The summed E-state index contributed by atoms with van der Waals surface area (Å²) in [4.78, 5) is 11.9. The summed E-state index contributed by atoms with van der Waals surface area (Å²) in [7, 11) is 0. The monoisotopic (exact) mass is 278 g/mol. The zero-order valence-electron chi connectivity index (χ0n) is 9.42. The molecule has 102 valence electrons. The number of nitrogens with zero attached hydrogens (tertiary/aromatic N) is 1. The minimum absolute atomic E-state index is 0. The molecule has 1 aliphatic rings. The fraction of sp³-hybridized carbons (Fsp3) is 0.889. The molecule has 1 aliphatic heterocycles. The highest BCUT2D eigenvalue weighted by atomic mass is 35.5. The van der Waals surface area contributed by atoms with Crippen LogP contribution >= 0.6 is 12.4 Å². The van der Waals surface area contributed by atoms with Crippen molar-refractivity contribution in [3.05, 3.63) is 0 Å². The maximum absolute atomic E-state index is 12.8. The van der Waals surface area contributed by atoms with Gasteiger partial charge in [-0.15, -0.1) is 12.4 Å². The van der Waals surface area contributed by atoms with E-state index in [0.29, 0.717) is 4.90 Å². The van der Waals surface area contributed by atoms with Gasteiger partial charge in [-0.05, 0) is 5.92 Å². The largest absolute Gasteiger partial charge is 0.329 e. The maximum atomic E-state index is 12.8. The Morgan fingerprint density at radius 1 is 1.18 bits per heavy atom. The van der Waals surface area contributed by atoms with Crippen LogP contribution in [0, 0.1) is 5.92 Å². The van der Waals surface area contributed by atoms with E-state index < -0.39 is 36.9 Å². The molecule has 1 unspecified atom stereocenters. The fourth-order valence-electron chi connectivity index (χ4n) is 1.42. The number of hydrogen-bond acceptors (Lipinski definition) is 2.